The van der Waals surface area contributed by atoms with Crippen molar-refractivity contribution in [3.05, 3.63) is 33.8 Å². The lowest BCUT2D eigenvalue weighted by molar-refractivity contribution is -0.136. The minimum absolute atomic E-state index is 0.138. The Morgan fingerprint density at radius 2 is 1.90 bits per heavy atom. The summed E-state index contributed by atoms with van der Waals surface area (Å²) in [6.07, 6.45) is 4.00. The van der Waals surface area contributed by atoms with Crippen LogP contribution in [0.4, 0.5) is 0 Å². The Bertz CT molecular complexity index is 538. The Morgan fingerprint density at radius 3 is 2.62 bits per heavy atom. The number of likely N-dealkylation sites (tertiary alicyclic amines) is 1. The second-order valence-corrected chi connectivity index (χ2v) is 7.42. The molecule has 0 aromatic heterocycles. The zero-order chi connectivity index (χ0) is 15.0. The molecule has 1 amide bonds. The van der Waals surface area contributed by atoms with Crippen molar-refractivity contribution < 1.29 is 4.79 Å². The normalized spacial score (nSPS) is 23.1. The second-order valence-electron chi connectivity index (χ2n) is 6.50. The van der Waals surface area contributed by atoms with Crippen molar-refractivity contribution in [1.29, 1.82) is 0 Å². The zero-order valence-electron chi connectivity index (χ0n) is 12.8. The van der Waals surface area contributed by atoms with Crippen LogP contribution in [0.15, 0.2) is 22.7 Å². The molecular weight excluding hydrogens is 328 g/mol. The van der Waals surface area contributed by atoms with E-state index < -0.39 is 0 Å². The van der Waals surface area contributed by atoms with Crippen LogP contribution < -0.4 is 0 Å². The van der Waals surface area contributed by atoms with Gasteiger partial charge >= 0.3 is 0 Å². The molecule has 2 aliphatic rings. The van der Waals surface area contributed by atoms with E-state index in [0.29, 0.717) is 11.9 Å². The molecular formula is C17H23BrN2O. The summed E-state index contributed by atoms with van der Waals surface area (Å²) in [4.78, 5) is 17.2. The summed E-state index contributed by atoms with van der Waals surface area (Å²) in [6, 6.07) is 6.82. The minimum atomic E-state index is 0.138. The van der Waals surface area contributed by atoms with Gasteiger partial charge in [0.25, 0.3) is 0 Å². The van der Waals surface area contributed by atoms with Crippen LogP contribution in [0.2, 0.25) is 0 Å². The molecule has 0 bridgehead atoms. The molecule has 1 aliphatic heterocycles. The highest BCUT2D eigenvalue weighted by molar-refractivity contribution is 9.10. The number of carbonyl (C=O) groups is 1. The summed E-state index contributed by atoms with van der Waals surface area (Å²) < 4.78 is 1.11. The molecule has 0 N–H and O–H groups in total. The number of halogens is 1. The van der Waals surface area contributed by atoms with Crippen LogP contribution in [-0.4, -0.2) is 48.9 Å². The number of amides is 1. The number of fused-ring (bicyclic) bond motifs is 1. The van der Waals surface area contributed by atoms with Crippen LogP contribution in [0.1, 0.15) is 24.0 Å². The molecule has 114 valence electrons. The molecule has 1 fully saturated rings. The third-order valence-corrected chi connectivity index (χ3v) is 5.53. The fourth-order valence-electron chi connectivity index (χ4n) is 3.61. The number of rotatable bonds is 2. The van der Waals surface area contributed by atoms with E-state index in [1.165, 1.54) is 11.1 Å². The lowest BCUT2D eigenvalue weighted by atomic mass is 10.00. The van der Waals surface area contributed by atoms with Gasteiger partial charge in [-0.05, 0) is 69.1 Å². The molecule has 0 radical (unpaired) electrons. The minimum Gasteiger partial charge on any atom is -0.342 e. The summed E-state index contributed by atoms with van der Waals surface area (Å²) in [7, 11) is 4.15. The first kappa shape index (κ1) is 15.0. The highest BCUT2D eigenvalue weighted by atomic mass is 79.9. The van der Waals surface area contributed by atoms with Crippen LogP contribution in [0.25, 0.3) is 0 Å². The first-order valence-electron chi connectivity index (χ1n) is 7.77. The summed E-state index contributed by atoms with van der Waals surface area (Å²) in [5, 5.41) is 0. The Hall–Kier alpha value is -0.870. The number of nitrogens with zero attached hydrogens (tertiary/aromatic N) is 2. The first-order chi connectivity index (χ1) is 10.0. The number of carbonyl (C=O) groups excluding carboxylic acids is 1. The van der Waals surface area contributed by atoms with E-state index in [4.69, 9.17) is 0 Å². The van der Waals surface area contributed by atoms with Crippen LogP contribution in [0.5, 0.6) is 0 Å². The van der Waals surface area contributed by atoms with E-state index in [0.717, 1.165) is 43.2 Å². The molecule has 1 aromatic rings. The van der Waals surface area contributed by atoms with E-state index >= 15 is 0 Å². The molecule has 1 aromatic carbocycles. The molecule has 4 heteroatoms. The SMILES string of the molecule is CN1CCC(N(C)C(=O)C2Cc3ccc(Br)cc3C2)CC1. The average molecular weight is 351 g/mol. The molecule has 1 unspecified atom stereocenters. The molecule has 1 heterocycles. The predicted octanol–water partition coefficient (Wildman–Crippen LogP) is 2.72. The van der Waals surface area contributed by atoms with Crippen LogP contribution in [-0.2, 0) is 17.6 Å². The largest absolute Gasteiger partial charge is 0.342 e. The van der Waals surface area contributed by atoms with Crippen molar-refractivity contribution in [3.63, 3.8) is 0 Å². The lowest BCUT2D eigenvalue weighted by Crippen LogP contribution is -2.46. The monoisotopic (exact) mass is 350 g/mol. The van der Waals surface area contributed by atoms with Crippen molar-refractivity contribution >= 4 is 21.8 Å². The predicted molar refractivity (Wildman–Crippen MR) is 88.3 cm³/mol. The summed E-state index contributed by atoms with van der Waals surface area (Å²) in [5.41, 5.74) is 2.67. The van der Waals surface area contributed by atoms with Gasteiger partial charge in [0.2, 0.25) is 5.91 Å². The summed E-state index contributed by atoms with van der Waals surface area (Å²) >= 11 is 3.52. The van der Waals surface area contributed by atoms with Crippen LogP contribution in [0, 0.1) is 5.92 Å². The van der Waals surface area contributed by atoms with E-state index in [2.05, 4.69) is 46.1 Å². The Labute approximate surface area is 135 Å². The molecule has 21 heavy (non-hydrogen) atoms. The maximum absolute atomic E-state index is 12.8. The molecule has 1 aliphatic carbocycles. The van der Waals surface area contributed by atoms with Gasteiger partial charge in [-0.3, -0.25) is 4.79 Å². The van der Waals surface area contributed by atoms with Gasteiger partial charge in [0.1, 0.15) is 0 Å². The zero-order valence-corrected chi connectivity index (χ0v) is 14.4. The van der Waals surface area contributed by atoms with Crippen molar-refractivity contribution in [2.45, 2.75) is 31.7 Å². The van der Waals surface area contributed by atoms with Gasteiger partial charge in [-0.2, -0.15) is 0 Å². The fourth-order valence-corrected chi connectivity index (χ4v) is 4.02. The number of piperidine rings is 1. The van der Waals surface area contributed by atoms with Crippen molar-refractivity contribution in [2.75, 3.05) is 27.2 Å². The fraction of sp³-hybridized carbons (Fsp3) is 0.588. The third kappa shape index (κ3) is 3.16. The molecule has 3 rings (SSSR count). The summed E-state index contributed by atoms with van der Waals surface area (Å²) in [6.45, 7) is 2.19. The van der Waals surface area contributed by atoms with Crippen molar-refractivity contribution in [2.24, 2.45) is 5.92 Å². The van der Waals surface area contributed by atoms with E-state index in [1.54, 1.807) is 0 Å². The van der Waals surface area contributed by atoms with Gasteiger partial charge in [-0.15, -0.1) is 0 Å². The molecule has 1 atom stereocenters. The topological polar surface area (TPSA) is 23.6 Å². The molecule has 1 saturated heterocycles. The second kappa shape index (κ2) is 6.09. The van der Waals surface area contributed by atoms with E-state index in [1.807, 2.05) is 11.9 Å². The third-order valence-electron chi connectivity index (χ3n) is 5.03. The summed E-state index contributed by atoms with van der Waals surface area (Å²) in [5.74, 6) is 0.468. The average Bonchev–Trinajstić information content (AvgIpc) is 2.89. The van der Waals surface area contributed by atoms with Gasteiger partial charge < -0.3 is 9.80 Å². The van der Waals surface area contributed by atoms with Gasteiger partial charge in [0.15, 0.2) is 0 Å². The van der Waals surface area contributed by atoms with E-state index in [-0.39, 0.29) is 5.92 Å². The van der Waals surface area contributed by atoms with E-state index in [9.17, 15) is 4.79 Å². The van der Waals surface area contributed by atoms with Gasteiger partial charge in [-0.25, -0.2) is 0 Å². The maximum atomic E-state index is 12.8. The smallest absolute Gasteiger partial charge is 0.226 e. The van der Waals surface area contributed by atoms with Gasteiger partial charge in [0.05, 0.1) is 0 Å². The Kier molecular flexibility index (Phi) is 4.36. The van der Waals surface area contributed by atoms with Gasteiger partial charge in [0, 0.05) is 23.5 Å². The quantitative estimate of drug-likeness (QED) is 0.818. The maximum Gasteiger partial charge on any atom is 0.226 e. The number of hydrogen-bond acceptors (Lipinski definition) is 2. The highest BCUT2D eigenvalue weighted by Gasteiger charge is 2.32. The Balaban J connectivity index is 1.64. The first-order valence-corrected chi connectivity index (χ1v) is 8.56. The van der Waals surface area contributed by atoms with Crippen molar-refractivity contribution in [1.82, 2.24) is 9.80 Å². The van der Waals surface area contributed by atoms with Crippen LogP contribution >= 0.6 is 15.9 Å². The Morgan fingerprint density at radius 1 is 1.24 bits per heavy atom. The standard InChI is InChI=1S/C17H23BrN2O/c1-19-7-5-16(6-8-19)20(2)17(21)14-9-12-3-4-15(18)11-13(12)10-14/h3-4,11,14,16H,5-10H2,1-2H3. The molecule has 0 saturated carbocycles. The molecule has 3 nitrogen and oxygen atoms in total. The highest BCUT2D eigenvalue weighted by Crippen LogP contribution is 2.31. The van der Waals surface area contributed by atoms with Crippen LogP contribution in [0.3, 0.4) is 0 Å². The van der Waals surface area contributed by atoms with Gasteiger partial charge in [-0.1, -0.05) is 22.0 Å². The lowest BCUT2D eigenvalue weighted by Gasteiger charge is -2.36. The number of hydrogen-bond donors (Lipinski definition) is 0. The molecule has 0 spiro atoms. The number of benzene rings is 1. The van der Waals surface area contributed by atoms with Crippen molar-refractivity contribution in [3.8, 4) is 0 Å².